The van der Waals surface area contributed by atoms with E-state index >= 15 is 0 Å². The monoisotopic (exact) mass is 322 g/mol. The number of hydrazone groups is 1. The van der Waals surface area contributed by atoms with E-state index in [1.54, 1.807) is 6.26 Å². The van der Waals surface area contributed by atoms with E-state index in [-0.39, 0.29) is 5.92 Å². The van der Waals surface area contributed by atoms with Gasteiger partial charge < -0.3 is 4.42 Å². The molecule has 3 nitrogen and oxygen atoms in total. The van der Waals surface area contributed by atoms with E-state index < -0.39 is 0 Å². The van der Waals surface area contributed by atoms with Crippen molar-refractivity contribution in [2.45, 2.75) is 5.92 Å². The normalized spacial score (nSPS) is 17.3. The number of halogens is 1. The summed E-state index contributed by atoms with van der Waals surface area (Å²) in [7, 11) is 0. The molecule has 0 saturated carbocycles. The van der Waals surface area contributed by atoms with Crippen LogP contribution in [0.2, 0.25) is 5.02 Å². The lowest BCUT2D eigenvalue weighted by molar-refractivity contribution is 0.555. The van der Waals surface area contributed by atoms with Crippen LogP contribution in [0.25, 0.3) is 0 Å². The van der Waals surface area contributed by atoms with Crippen molar-refractivity contribution in [3.05, 3.63) is 89.3 Å². The molecule has 0 spiro atoms. The lowest BCUT2D eigenvalue weighted by Crippen LogP contribution is -2.18. The summed E-state index contributed by atoms with van der Waals surface area (Å²) in [5.41, 5.74) is 3.21. The number of furan rings is 1. The van der Waals surface area contributed by atoms with Crippen LogP contribution in [-0.4, -0.2) is 12.3 Å². The Labute approximate surface area is 139 Å². The highest BCUT2D eigenvalue weighted by atomic mass is 35.5. The third-order valence-corrected chi connectivity index (χ3v) is 4.27. The SMILES string of the molecule is Clc1ccc([C@H]2CN(c3ccccc3)N=C2c2ccco2)cc1. The van der Waals surface area contributed by atoms with Gasteiger partial charge in [-0.1, -0.05) is 41.9 Å². The second-order valence-corrected chi connectivity index (χ2v) is 5.92. The Kier molecular flexibility index (Phi) is 3.64. The first-order valence-electron chi connectivity index (χ1n) is 7.52. The predicted molar refractivity (Wildman–Crippen MR) is 93.2 cm³/mol. The van der Waals surface area contributed by atoms with Gasteiger partial charge in [-0.15, -0.1) is 0 Å². The molecule has 1 aliphatic rings. The number of hydrogen-bond donors (Lipinski definition) is 0. The molecule has 1 atom stereocenters. The summed E-state index contributed by atoms with van der Waals surface area (Å²) in [6.07, 6.45) is 1.68. The summed E-state index contributed by atoms with van der Waals surface area (Å²) in [5.74, 6) is 0.960. The van der Waals surface area contributed by atoms with Gasteiger partial charge in [0.05, 0.1) is 24.4 Å². The van der Waals surface area contributed by atoms with Crippen molar-refractivity contribution >= 4 is 23.0 Å². The van der Waals surface area contributed by atoms with Crippen molar-refractivity contribution in [3.8, 4) is 0 Å². The fourth-order valence-corrected chi connectivity index (χ4v) is 2.99. The van der Waals surface area contributed by atoms with Crippen molar-refractivity contribution in [2.75, 3.05) is 11.6 Å². The molecule has 2 heterocycles. The van der Waals surface area contributed by atoms with Crippen LogP contribution in [0.15, 0.2) is 82.5 Å². The van der Waals surface area contributed by atoms with Gasteiger partial charge in [-0.25, -0.2) is 0 Å². The topological polar surface area (TPSA) is 28.7 Å². The second kappa shape index (κ2) is 5.94. The average Bonchev–Trinajstić information content (AvgIpc) is 3.26. The number of rotatable bonds is 3. The van der Waals surface area contributed by atoms with Gasteiger partial charge in [-0.05, 0) is 42.0 Å². The molecule has 1 aliphatic heterocycles. The maximum Gasteiger partial charge on any atom is 0.150 e. The molecule has 0 aliphatic carbocycles. The minimum atomic E-state index is 0.152. The molecule has 0 unspecified atom stereocenters. The minimum absolute atomic E-state index is 0.152. The minimum Gasteiger partial charge on any atom is -0.463 e. The molecule has 114 valence electrons. The van der Waals surface area contributed by atoms with Gasteiger partial charge in [0.25, 0.3) is 0 Å². The predicted octanol–water partition coefficient (Wildman–Crippen LogP) is 4.94. The molecule has 23 heavy (non-hydrogen) atoms. The van der Waals surface area contributed by atoms with Gasteiger partial charge in [0.2, 0.25) is 0 Å². The molecule has 1 aromatic heterocycles. The Bertz CT molecular complexity index is 810. The summed E-state index contributed by atoms with van der Waals surface area (Å²) in [4.78, 5) is 0. The van der Waals surface area contributed by atoms with E-state index in [0.717, 1.165) is 28.7 Å². The first-order chi connectivity index (χ1) is 11.3. The standard InChI is InChI=1S/C19H15ClN2O/c20-15-10-8-14(9-11-15)17-13-22(16-5-2-1-3-6-16)21-19(17)18-7-4-12-23-18/h1-12,17H,13H2/t17-/m1/s1. The van der Waals surface area contributed by atoms with E-state index in [1.165, 1.54) is 5.56 Å². The van der Waals surface area contributed by atoms with Crippen molar-refractivity contribution in [2.24, 2.45) is 5.10 Å². The van der Waals surface area contributed by atoms with Crippen LogP contribution in [0.4, 0.5) is 5.69 Å². The van der Waals surface area contributed by atoms with Gasteiger partial charge in [0, 0.05) is 5.02 Å². The van der Waals surface area contributed by atoms with Crippen LogP contribution in [0.3, 0.4) is 0 Å². The molecule has 0 N–H and O–H groups in total. The van der Waals surface area contributed by atoms with Crippen LogP contribution < -0.4 is 5.01 Å². The van der Waals surface area contributed by atoms with Crippen LogP contribution >= 0.6 is 11.6 Å². The fourth-order valence-electron chi connectivity index (χ4n) is 2.87. The summed E-state index contributed by atoms with van der Waals surface area (Å²) in [6.45, 7) is 0.779. The van der Waals surface area contributed by atoms with E-state index in [0.29, 0.717) is 0 Å². The zero-order valence-corrected chi connectivity index (χ0v) is 13.1. The van der Waals surface area contributed by atoms with Gasteiger partial charge >= 0.3 is 0 Å². The van der Waals surface area contributed by atoms with Crippen molar-refractivity contribution in [1.82, 2.24) is 0 Å². The highest BCUT2D eigenvalue weighted by Gasteiger charge is 2.31. The summed E-state index contributed by atoms with van der Waals surface area (Å²) in [6, 6.07) is 22.0. The van der Waals surface area contributed by atoms with Gasteiger partial charge in [-0.3, -0.25) is 5.01 Å². The average molecular weight is 323 g/mol. The first kappa shape index (κ1) is 14.1. The van der Waals surface area contributed by atoms with Gasteiger partial charge in [-0.2, -0.15) is 5.10 Å². The zero-order valence-electron chi connectivity index (χ0n) is 12.4. The third kappa shape index (κ3) is 2.76. The number of hydrogen-bond acceptors (Lipinski definition) is 3. The summed E-state index contributed by atoms with van der Waals surface area (Å²) in [5, 5.41) is 7.57. The quantitative estimate of drug-likeness (QED) is 0.683. The molecule has 0 bridgehead atoms. The number of nitrogens with zero attached hydrogens (tertiary/aromatic N) is 2. The molecule has 0 saturated heterocycles. The summed E-state index contributed by atoms with van der Waals surface area (Å²) >= 11 is 6.02. The van der Waals surface area contributed by atoms with Crippen LogP contribution in [-0.2, 0) is 0 Å². The fraction of sp³-hybridized carbons (Fsp3) is 0.105. The Hall–Kier alpha value is -2.52. The highest BCUT2D eigenvalue weighted by Crippen LogP contribution is 2.32. The zero-order chi connectivity index (χ0) is 15.6. The number of anilines is 1. The Morgan fingerprint density at radius 3 is 2.43 bits per heavy atom. The molecule has 3 aromatic rings. The van der Waals surface area contributed by atoms with Crippen molar-refractivity contribution in [1.29, 1.82) is 0 Å². The van der Waals surface area contributed by atoms with Crippen LogP contribution in [0.1, 0.15) is 17.2 Å². The number of para-hydroxylation sites is 1. The first-order valence-corrected chi connectivity index (χ1v) is 7.89. The van der Waals surface area contributed by atoms with Crippen LogP contribution in [0.5, 0.6) is 0 Å². The lowest BCUT2D eigenvalue weighted by Gasteiger charge is -2.16. The van der Waals surface area contributed by atoms with Crippen molar-refractivity contribution < 1.29 is 4.42 Å². The molecule has 2 aromatic carbocycles. The molecule has 0 radical (unpaired) electrons. The number of benzene rings is 2. The lowest BCUT2D eigenvalue weighted by atomic mass is 9.93. The smallest absolute Gasteiger partial charge is 0.150 e. The molecule has 0 amide bonds. The molecule has 0 fully saturated rings. The van der Waals surface area contributed by atoms with E-state index in [2.05, 4.69) is 24.3 Å². The van der Waals surface area contributed by atoms with E-state index in [9.17, 15) is 0 Å². The third-order valence-electron chi connectivity index (χ3n) is 4.01. The van der Waals surface area contributed by atoms with Crippen LogP contribution in [0, 0.1) is 0 Å². The second-order valence-electron chi connectivity index (χ2n) is 5.48. The molecule has 4 rings (SSSR count). The summed E-state index contributed by atoms with van der Waals surface area (Å²) < 4.78 is 5.59. The maximum atomic E-state index is 6.02. The maximum absolute atomic E-state index is 6.02. The van der Waals surface area contributed by atoms with Gasteiger partial charge in [0.15, 0.2) is 5.76 Å². The van der Waals surface area contributed by atoms with E-state index in [4.69, 9.17) is 21.1 Å². The van der Waals surface area contributed by atoms with E-state index in [1.807, 2.05) is 47.5 Å². The Balaban J connectivity index is 1.74. The highest BCUT2D eigenvalue weighted by molar-refractivity contribution is 6.30. The Morgan fingerprint density at radius 2 is 1.74 bits per heavy atom. The van der Waals surface area contributed by atoms with Gasteiger partial charge in [0.1, 0.15) is 5.71 Å². The molecule has 4 heteroatoms. The molecular formula is C19H15ClN2O. The largest absolute Gasteiger partial charge is 0.463 e. The Morgan fingerprint density at radius 1 is 0.957 bits per heavy atom. The molecular weight excluding hydrogens is 308 g/mol. The van der Waals surface area contributed by atoms with Crippen molar-refractivity contribution in [3.63, 3.8) is 0 Å².